The molecule has 2 aromatic carbocycles. The molecule has 0 saturated heterocycles. The number of ether oxygens (including phenoxy) is 1. The third-order valence-corrected chi connectivity index (χ3v) is 8.80. The summed E-state index contributed by atoms with van der Waals surface area (Å²) in [6.45, 7) is 10.5. The number of nitrogens with one attached hydrogen (secondary N) is 2. The van der Waals surface area contributed by atoms with Crippen LogP contribution >= 0.6 is 0 Å². The lowest BCUT2D eigenvalue weighted by Crippen LogP contribution is -2.33. The van der Waals surface area contributed by atoms with Crippen molar-refractivity contribution in [1.82, 2.24) is 25.1 Å². The van der Waals surface area contributed by atoms with Gasteiger partial charge in [-0.2, -0.15) is 15.1 Å². The monoisotopic (exact) mass is 553 g/mol. The molecule has 1 saturated carbocycles. The van der Waals surface area contributed by atoms with E-state index in [-0.39, 0.29) is 5.41 Å². The second kappa shape index (κ2) is 11.3. The van der Waals surface area contributed by atoms with Crippen LogP contribution in [0.5, 0.6) is 6.01 Å². The molecule has 1 fully saturated rings. The van der Waals surface area contributed by atoms with Crippen LogP contribution in [0, 0.1) is 19.3 Å². The molecule has 3 heterocycles. The fraction of sp³-hybridized carbons (Fsp3) is 0.485. The number of rotatable bonds is 11. The minimum atomic E-state index is 0.220. The summed E-state index contributed by atoms with van der Waals surface area (Å²) in [5.74, 6) is 0.910. The molecule has 2 aromatic heterocycles. The van der Waals surface area contributed by atoms with Crippen LogP contribution in [0.4, 0.5) is 11.5 Å². The molecule has 0 atom stereocenters. The highest BCUT2D eigenvalue weighted by atomic mass is 16.5. The van der Waals surface area contributed by atoms with Gasteiger partial charge in [0.25, 0.3) is 0 Å². The van der Waals surface area contributed by atoms with Gasteiger partial charge < -0.3 is 19.9 Å². The summed E-state index contributed by atoms with van der Waals surface area (Å²) in [5, 5.41) is 13.8. The van der Waals surface area contributed by atoms with Crippen molar-refractivity contribution in [2.45, 2.75) is 59.4 Å². The van der Waals surface area contributed by atoms with Crippen molar-refractivity contribution >= 4 is 22.3 Å². The molecule has 2 N–H and O–H groups in total. The molecule has 0 spiro atoms. The van der Waals surface area contributed by atoms with Crippen molar-refractivity contribution in [1.29, 1.82) is 0 Å². The number of nitrogens with zero attached hydrogens (tertiary/aromatic N) is 5. The van der Waals surface area contributed by atoms with E-state index < -0.39 is 0 Å². The number of anilines is 2. The predicted molar refractivity (Wildman–Crippen MR) is 166 cm³/mol. The van der Waals surface area contributed by atoms with Crippen molar-refractivity contribution in [3.63, 3.8) is 0 Å². The zero-order valence-electron chi connectivity index (χ0n) is 25.2. The third kappa shape index (κ3) is 5.75. The number of aromatic amines is 1. The van der Waals surface area contributed by atoms with Crippen LogP contribution in [0.25, 0.3) is 10.8 Å². The van der Waals surface area contributed by atoms with E-state index in [1.54, 1.807) is 0 Å². The summed E-state index contributed by atoms with van der Waals surface area (Å²) in [6.07, 6.45) is 5.17. The molecular formula is C33H43N7O. The van der Waals surface area contributed by atoms with E-state index in [0.717, 1.165) is 68.3 Å². The Morgan fingerprint density at radius 1 is 1.10 bits per heavy atom. The Morgan fingerprint density at radius 3 is 2.61 bits per heavy atom. The summed E-state index contributed by atoms with van der Waals surface area (Å²) in [5.41, 5.74) is 8.62. The first-order valence-electron chi connectivity index (χ1n) is 15.0. The normalized spacial score (nSPS) is 15.8. The Hall–Kier alpha value is -3.65. The highest BCUT2D eigenvalue weighted by Gasteiger charge is 2.44. The molecule has 0 amide bonds. The van der Waals surface area contributed by atoms with E-state index in [0.29, 0.717) is 12.6 Å². The number of hydrogen-bond donors (Lipinski definition) is 2. The molecule has 216 valence electrons. The van der Waals surface area contributed by atoms with E-state index in [9.17, 15) is 0 Å². The first kappa shape index (κ1) is 27.5. The number of fused-ring (bicyclic) bond motifs is 2. The summed E-state index contributed by atoms with van der Waals surface area (Å²) in [6, 6.07) is 13.8. The molecule has 41 heavy (non-hydrogen) atoms. The second-order valence-corrected chi connectivity index (χ2v) is 12.2. The third-order valence-electron chi connectivity index (χ3n) is 8.80. The highest BCUT2D eigenvalue weighted by molar-refractivity contribution is 5.97. The Labute approximate surface area is 243 Å². The van der Waals surface area contributed by atoms with Crippen LogP contribution in [0.2, 0.25) is 0 Å². The molecule has 6 rings (SSSR count). The maximum absolute atomic E-state index is 6.36. The lowest BCUT2D eigenvalue weighted by molar-refractivity contribution is 0.182. The predicted octanol–water partition coefficient (Wildman–Crippen LogP) is 5.47. The molecule has 0 bridgehead atoms. The number of aromatic nitrogens is 4. The van der Waals surface area contributed by atoms with Crippen LogP contribution in [-0.4, -0.2) is 65.4 Å². The molecule has 0 unspecified atom stereocenters. The van der Waals surface area contributed by atoms with Gasteiger partial charge in [0.05, 0.1) is 24.5 Å². The van der Waals surface area contributed by atoms with Gasteiger partial charge in [-0.1, -0.05) is 37.3 Å². The van der Waals surface area contributed by atoms with Crippen molar-refractivity contribution in [3.05, 3.63) is 70.2 Å². The van der Waals surface area contributed by atoms with Gasteiger partial charge in [-0.05, 0) is 82.6 Å². The average Bonchev–Trinajstić information content (AvgIpc) is 3.66. The number of aryl methyl sites for hydroxylation is 3. The van der Waals surface area contributed by atoms with Gasteiger partial charge >= 0.3 is 6.01 Å². The maximum atomic E-state index is 6.36. The number of benzene rings is 2. The highest BCUT2D eigenvalue weighted by Crippen LogP contribution is 2.46. The van der Waals surface area contributed by atoms with E-state index in [1.165, 1.54) is 46.0 Å². The van der Waals surface area contributed by atoms with E-state index >= 15 is 0 Å². The number of hydrogen-bond acceptors (Lipinski definition) is 7. The summed E-state index contributed by atoms with van der Waals surface area (Å²) >= 11 is 0. The molecule has 2 aliphatic rings. The minimum absolute atomic E-state index is 0.220. The molecule has 0 radical (unpaired) electrons. The Bertz CT molecular complexity index is 1510. The van der Waals surface area contributed by atoms with Gasteiger partial charge in [0.1, 0.15) is 5.82 Å². The zero-order chi connectivity index (χ0) is 28.6. The molecule has 1 aliphatic carbocycles. The molecule has 1 aliphatic heterocycles. The lowest BCUT2D eigenvalue weighted by Gasteiger charge is -2.32. The zero-order valence-corrected chi connectivity index (χ0v) is 25.2. The van der Waals surface area contributed by atoms with Gasteiger partial charge in [0.15, 0.2) is 0 Å². The summed E-state index contributed by atoms with van der Waals surface area (Å²) in [7, 11) is 4.26. The van der Waals surface area contributed by atoms with E-state index in [2.05, 4.69) is 96.6 Å². The van der Waals surface area contributed by atoms with Crippen molar-refractivity contribution in [2.75, 3.05) is 50.6 Å². The van der Waals surface area contributed by atoms with Gasteiger partial charge in [0.2, 0.25) is 0 Å². The topological polar surface area (TPSA) is 82.2 Å². The molecule has 4 aromatic rings. The van der Waals surface area contributed by atoms with Crippen LogP contribution in [0.15, 0.2) is 36.4 Å². The lowest BCUT2D eigenvalue weighted by atomic mass is 9.98. The number of H-pyrrole nitrogens is 1. The quantitative estimate of drug-likeness (QED) is 0.255. The van der Waals surface area contributed by atoms with Gasteiger partial charge in [-0.25, -0.2) is 0 Å². The van der Waals surface area contributed by atoms with Gasteiger partial charge in [-0.3, -0.25) is 5.10 Å². The second-order valence-electron chi connectivity index (χ2n) is 12.2. The first-order chi connectivity index (χ1) is 19.9. The van der Waals surface area contributed by atoms with Crippen molar-refractivity contribution < 1.29 is 4.74 Å². The summed E-state index contributed by atoms with van der Waals surface area (Å²) in [4.78, 5) is 14.7. The van der Waals surface area contributed by atoms with Gasteiger partial charge in [-0.15, -0.1) is 0 Å². The van der Waals surface area contributed by atoms with Crippen LogP contribution in [0.1, 0.15) is 53.5 Å². The summed E-state index contributed by atoms with van der Waals surface area (Å²) < 4.78 is 6.36. The minimum Gasteiger partial charge on any atom is -0.463 e. The maximum Gasteiger partial charge on any atom is 0.318 e. The van der Waals surface area contributed by atoms with Crippen molar-refractivity contribution in [3.8, 4) is 6.01 Å². The molecule has 8 nitrogen and oxygen atoms in total. The smallest absolute Gasteiger partial charge is 0.318 e. The van der Waals surface area contributed by atoms with Gasteiger partial charge in [0, 0.05) is 47.4 Å². The van der Waals surface area contributed by atoms with E-state index in [1.807, 2.05) is 0 Å². The Kier molecular flexibility index (Phi) is 7.60. The standard InChI is InChI=1S/C33H43N7O/c1-6-24-9-7-10-25-11-8-12-29(30(24)25)40-18-14-27-28(19-40)35-32(41-21-33(15-16-33)20-39(4)5)36-31(27)34-17-13-26-22(2)37-38-23(26)3/h7-12H,6,13-21H2,1-5H3,(H,37,38)(H,34,35,36). The van der Waals surface area contributed by atoms with Crippen LogP contribution < -0.4 is 15.0 Å². The fourth-order valence-electron chi connectivity index (χ4n) is 6.44. The fourth-order valence-corrected chi connectivity index (χ4v) is 6.44. The largest absolute Gasteiger partial charge is 0.463 e. The Morgan fingerprint density at radius 2 is 1.90 bits per heavy atom. The Balaban J connectivity index is 1.28. The SMILES string of the molecule is CCc1cccc2cccc(N3CCc4c(nc(OCC5(CN(C)C)CC5)nc4NCCc4c(C)n[nH]c4C)C3)c12. The average molecular weight is 554 g/mol. The first-order valence-corrected chi connectivity index (χ1v) is 15.0. The molecule has 8 heteroatoms. The van der Waals surface area contributed by atoms with Crippen LogP contribution in [-0.2, 0) is 25.8 Å². The van der Waals surface area contributed by atoms with Crippen LogP contribution in [0.3, 0.4) is 0 Å². The van der Waals surface area contributed by atoms with E-state index in [4.69, 9.17) is 14.7 Å². The molecular weight excluding hydrogens is 510 g/mol. The van der Waals surface area contributed by atoms with Crippen molar-refractivity contribution in [2.24, 2.45) is 5.41 Å².